The van der Waals surface area contributed by atoms with Crippen molar-refractivity contribution in [2.75, 3.05) is 19.6 Å². The quantitative estimate of drug-likeness (QED) is 0.808. The zero-order valence-corrected chi connectivity index (χ0v) is 16.5. The first-order valence-corrected chi connectivity index (χ1v) is 9.59. The van der Waals surface area contributed by atoms with Gasteiger partial charge in [0.25, 0.3) is 0 Å². The fourth-order valence-electron chi connectivity index (χ4n) is 4.06. The number of piperidine rings is 1. The van der Waals surface area contributed by atoms with Crippen LogP contribution in [0.3, 0.4) is 0 Å². The number of aromatic nitrogens is 2. The molecule has 4 heterocycles. The maximum atomic E-state index is 13.5. The summed E-state index contributed by atoms with van der Waals surface area (Å²) >= 11 is 6.08. The predicted molar refractivity (Wildman–Crippen MR) is 101 cm³/mol. The molecule has 3 fully saturated rings. The Hall–Kier alpha value is -1.70. The lowest BCUT2D eigenvalue weighted by Gasteiger charge is -2.56. The van der Waals surface area contributed by atoms with Gasteiger partial charge in [-0.3, -0.25) is 14.6 Å². The van der Waals surface area contributed by atoms with Crippen LogP contribution < -0.4 is 0 Å². The molecule has 1 aromatic heterocycles. The number of nitrogens with zero attached hydrogens (tertiary/aromatic N) is 3. The van der Waals surface area contributed by atoms with Gasteiger partial charge in [-0.15, -0.1) is 0 Å². The second-order valence-corrected chi connectivity index (χ2v) is 8.87. The van der Waals surface area contributed by atoms with Gasteiger partial charge in [-0.1, -0.05) is 11.6 Å². The number of carbonyl (C=O) groups is 1. The molecular weight excluding hydrogens is 371 g/mol. The molecule has 8 heteroatoms. The van der Waals surface area contributed by atoms with E-state index in [2.05, 4.69) is 19.8 Å². The molecule has 1 N–H and O–H groups in total. The maximum Gasteiger partial charge on any atom is 0.320 e. The Balaban J connectivity index is 1.36. The van der Waals surface area contributed by atoms with Gasteiger partial charge in [0, 0.05) is 25.2 Å². The minimum absolute atomic E-state index is 0.167. The Morgan fingerprint density at radius 2 is 2.07 bits per heavy atom. The highest BCUT2D eigenvalue weighted by molar-refractivity contribution is 6.34. The normalized spacial score (nSPS) is 23.4. The molecule has 0 spiro atoms. The number of imidazole rings is 1. The number of fused-ring (bicyclic) bond motifs is 3. The molecule has 2 aromatic rings. The van der Waals surface area contributed by atoms with Crippen LogP contribution in [0.4, 0.5) is 4.39 Å². The van der Waals surface area contributed by atoms with E-state index in [1.54, 1.807) is 0 Å². The first-order valence-electron chi connectivity index (χ1n) is 9.21. The van der Waals surface area contributed by atoms with Crippen LogP contribution in [0.25, 0.3) is 11.0 Å². The summed E-state index contributed by atoms with van der Waals surface area (Å²) in [6.07, 6.45) is 1.11. The van der Waals surface area contributed by atoms with E-state index in [4.69, 9.17) is 16.3 Å². The monoisotopic (exact) mass is 394 g/mol. The molecule has 0 aliphatic carbocycles. The molecule has 5 rings (SSSR count). The maximum absolute atomic E-state index is 13.5. The molecule has 0 radical (unpaired) electrons. The molecule has 3 saturated heterocycles. The zero-order chi connectivity index (χ0) is 19.3. The Morgan fingerprint density at radius 3 is 2.74 bits per heavy atom. The largest absolute Gasteiger partial charge is 0.459 e. The van der Waals surface area contributed by atoms with Gasteiger partial charge in [0.15, 0.2) is 0 Å². The van der Waals surface area contributed by atoms with E-state index in [1.807, 2.05) is 20.8 Å². The summed E-state index contributed by atoms with van der Waals surface area (Å²) in [5.74, 6) is 0.233. The van der Waals surface area contributed by atoms with Gasteiger partial charge in [0.05, 0.1) is 23.6 Å². The number of carbonyl (C=O) groups excluding carboxylic acids is 1. The van der Waals surface area contributed by atoms with Crippen LogP contribution >= 0.6 is 11.6 Å². The van der Waals surface area contributed by atoms with Crippen LogP contribution in [0.2, 0.25) is 5.02 Å². The van der Waals surface area contributed by atoms with E-state index in [9.17, 15) is 9.18 Å². The highest BCUT2D eigenvalue weighted by Crippen LogP contribution is 2.33. The second-order valence-electron chi connectivity index (χ2n) is 8.46. The average Bonchev–Trinajstić information content (AvgIpc) is 2.93. The third-order valence-electron chi connectivity index (χ3n) is 5.08. The van der Waals surface area contributed by atoms with E-state index in [-0.39, 0.29) is 11.8 Å². The van der Waals surface area contributed by atoms with Gasteiger partial charge in [0.1, 0.15) is 22.8 Å². The van der Waals surface area contributed by atoms with Gasteiger partial charge < -0.3 is 9.72 Å². The number of nitrogens with one attached hydrogen (secondary N) is 1. The Morgan fingerprint density at radius 1 is 1.37 bits per heavy atom. The van der Waals surface area contributed by atoms with E-state index in [1.165, 1.54) is 12.1 Å². The van der Waals surface area contributed by atoms with Gasteiger partial charge in [0.2, 0.25) is 0 Å². The molecule has 6 nitrogen and oxygen atoms in total. The van der Waals surface area contributed by atoms with E-state index < -0.39 is 5.60 Å². The molecule has 0 amide bonds. The minimum atomic E-state index is -0.453. The number of hydrogen-bond donors (Lipinski definition) is 1. The van der Waals surface area contributed by atoms with Gasteiger partial charge in [-0.05, 0) is 39.3 Å². The first-order chi connectivity index (χ1) is 12.7. The SMILES string of the molecule is CC(C)(C)OC(=O)CN1C2CC1CN(Cc1nc3c(Cl)cc(F)cc3[nH]1)C2. The number of aromatic amines is 1. The van der Waals surface area contributed by atoms with Crippen molar-refractivity contribution in [1.29, 1.82) is 0 Å². The molecule has 2 atom stereocenters. The van der Waals surface area contributed by atoms with E-state index in [0.29, 0.717) is 41.2 Å². The Bertz CT molecular complexity index is 866. The van der Waals surface area contributed by atoms with Crippen molar-refractivity contribution in [3.8, 4) is 0 Å². The predicted octanol–water partition coefficient (Wildman–Crippen LogP) is 2.96. The standard InChI is InChI=1S/C19H24ClFN4O2/c1-19(2,3)27-17(26)10-25-12-6-13(25)8-24(7-12)9-16-22-15-5-11(21)4-14(20)18(15)23-16/h4-5,12-13H,6-10H2,1-3H3,(H,22,23). The van der Waals surface area contributed by atoms with Crippen molar-refractivity contribution >= 4 is 28.6 Å². The average molecular weight is 395 g/mol. The molecule has 3 aliphatic heterocycles. The topological polar surface area (TPSA) is 61.5 Å². The lowest BCUT2D eigenvalue weighted by atomic mass is 9.87. The first kappa shape index (κ1) is 18.7. The van der Waals surface area contributed by atoms with Crippen molar-refractivity contribution in [2.24, 2.45) is 0 Å². The van der Waals surface area contributed by atoms with Crippen LogP contribution in [0, 0.1) is 5.82 Å². The fraction of sp³-hybridized carbons (Fsp3) is 0.579. The van der Waals surface area contributed by atoms with Gasteiger partial charge in [-0.25, -0.2) is 9.37 Å². The summed E-state index contributed by atoms with van der Waals surface area (Å²) in [6.45, 7) is 8.40. The van der Waals surface area contributed by atoms with Crippen LogP contribution in [0.1, 0.15) is 33.0 Å². The number of esters is 1. The van der Waals surface area contributed by atoms with Crippen molar-refractivity contribution in [3.05, 3.63) is 28.8 Å². The van der Waals surface area contributed by atoms with Gasteiger partial charge >= 0.3 is 5.97 Å². The number of ether oxygens (including phenoxy) is 1. The molecule has 1 aromatic carbocycles. The lowest BCUT2D eigenvalue weighted by molar-refractivity contribution is -0.164. The van der Waals surface area contributed by atoms with Crippen molar-refractivity contribution in [3.63, 3.8) is 0 Å². The summed E-state index contributed by atoms with van der Waals surface area (Å²) < 4.78 is 18.9. The Labute approximate surface area is 162 Å². The molecule has 0 saturated carbocycles. The van der Waals surface area contributed by atoms with Crippen LogP contribution in [0.5, 0.6) is 0 Å². The van der Waals surface area contributed by atoms with Crippen LogP contribution in [-0.2, 0) is 16.1 Å². The Kier molecular flexibility index (Phi) is 4.64. The number of halogens is 2. The number of H-pyrrole nitrogens is 1. The smallest absolute Gasteiger partial charge is 0.320 e. The fourth-order valence-corrected chi connectivity index (χ4v) is 4.31. The zero-order valence-electron chi connectivity index (χ0n) is 15.8. The summed E-state index contributed by atoms with van der Waals surface area (Å²) in [7, 11) is 0. The molecule has 27 heavy (non-hydrogen) atoms. The molecule has 3 aliphatic rings. The van der Waals surface area contributed by atoms with Crippen molar-refractivity contribution in [2.45, 2.75) is 51.4 Å². The third kappa shape index (κ3) is 3.95. The van der Waals surface area contributed by atoms with E-state index in [0.717, 1.165) is 25.3 Å². The highest BCUT2D eigenvalue weighted by Gasteiger charge is 2.45. The summed E-state index contributed by atoms with van der Waals surface area (Å²) in [5.41, 5.74) is 0.760. The summed E-state index contributed by atoms with van der Waals surface area (Å²) in [4.78, 5) is 24.3. The van der Waals surface area contributed by atoms with Crippen molar-refractivity contribution < 1.29 is 13.9 Å². The molecular formula is C19H24ClFN4O2. The molecule has 2 bridgehead atoms. The minimum Gasteiger partial charge on any atom is -0.459 e. The highest BCUT2D eigenvalue weighted by atomic mass is 35.5. The summed E-state index contributed by atoms with van der Waals surface area (Å²) in [5, 5.41) is 0.317. The number of piperazine rings is 1. The third-order valence-corrected chi connectivity index (χ3v) is 5.37. The van der Waals surface area contributed by atoms with Crippen molar-refractivity contribution in [1.82, 2.24) is 19.8 Å². The second kappa shape index (κ2) is 6.72. The van der Waals surface area contributed by atoms with Crippen LogP contribution in [-0.4, -0.2) is 63.1 Å². The molecule has 146 valence electrons. The van der Waals surface area contributed by atoms with E-state index >= 15 is 0 Å². The lowest BCUT2D eigenvalue weighted by Crippen LogP contribution is -2.69. The van der Waals surface area contributed by atoms with Gasteiger partial charge in [-0.2, -0.15) is 0 Å². The van der Waals surface area contributed by atoms with Crippen LogP contribution in [0.15, 0.2) is 12.1 Å². The number of benzene rings is 1. The molecule has 2 unspecified atom stereocenters. The summed E-state index contributed by atoms with van der Waals surface area (Å²) in [6, 6.07) is 3.41. The number of hydrogen-bond acceptors (Lipinski definition) is 5. The number of rotatable bonds is 4.